The number of primary amides is 1. The monoisotopic (exact) mass is 279 g/mol. The van der Waals surface area contributed by atoms with E-state index in [4.69, 9.17) is 11.5 Å². The summed E-state index contributed by atoms with van der Waals surface area (Å²) in [7, 11) is 0. The van der Waals surface area contributed by atoms with Gasteiger partial charge in [-0.1, -0.05) is 13.3 Å². The number of anilines is 2. The second kappa shape index (κ2) is 4.71. The highest BCUT2D eigenvalue weighted by atomic mass is 32.1. The number of rotatable bonds is 6. The normalized spacial score (nSPS) is 25.3. The van der Waals surface area contributed by atoms with Crippen LogP contribution in [0.1, 0.15) is 60.2 Å². The van der Waals surface area contributed by atoms with Crippen molar-refractivity contribution in [3.63, 3.8) is 0 Å². The zero-order valence-electron chi connectivity index (χ0n) is 11.2. The number of carbonyl (C=O) groups excluding carboxylic acids is 1. The van der Waals surface area contributed by atoms with Crippen molar-refractivity contribution in [1.82, 2.24) is 0 Å². The smallest absolute Gasteiger partial charge is 0.260 e. The minimum atomic E-state index is -0.404. The van der Waals surface area contributed by atoms with Crippen LogP contribution in [0.25, 0.3) is 0 Å². The first kappa shape index (κ1) is 12.8. The van der Waals surface area contributed by atoms with Gasteiger partial charge in [-0.05, 0) is 37.5 Å². The van der Waals surface area contributed by atoms with Crippen LogP contribution in [0.5, 0.6) is 0 Å². The molecule has 2 atom stereocenters. The van der Waals surface area contributed by atoms with Gasteiger partial charge in [-0.15, -0.1) is 11.3 Å². The number of nitrogens with one attached hydrogen (secondary N) is 1. The van der Waals surface area contributed by atoms with Crippen molar-refractivity contribution in [2.24, 2.45) is 11.7 Å². The van der Waals surface area contributed by atoms with Crippen molar-refractivity contribution < 1.29 is 4.79 Å². The molecule has 5 N–H and O–H groups in total. The standard InChI is InChI=1S/C14H21N3OS/c1-2-3-8-6-9(8)17-14-10(7-4-5-7)11(15)12(19-14)13(16)18/h7-9,17H,2-6,15H2,1H3,(H2,16,18). The van der Waals surface area contributed by atoms with Crippen LogP contribution in [0.4, 0.5) is 10.7 Å². The van der Waals surface area contributed by atoms with E-state index in [1.165, 1.54) is 43.4 Å². The fourth-order valence-corrected chi connectivity index (χ4v) is 3.93. The van der Waals surface area contributed by atoms with E-state index >= 15 is 0 Å². The Bertz CT molecular complexity index is 507. The summed E-state index contributed by atoms with van der Waals surface area (Å²) in [6, 6.07) is 0.566. The molecule has 0 bridgehead atoms. The van der Waals surface area contributed by atoms with Crippen molar-refractivity contribution >= 4 is 27.9 Å². The number of amides is 1. The van der Waals surface area contributed by atoms with Gasteiger partial charge in [-0.3, -0.25) is 4.79 Å². The third-order valence-corrected chi connectivity index (χ3v) is 5.26. The van der Waals surface area contributed by atoms with Crippen molar-refractivity contribution in [3.05, 3.63) is 10.4 Å². The van der Waals surface area contributed by atoms with Gasteiger partial charge in [-0.25, -0.2) is 0 Å². The summed E-state index contributed by atoms with van der Waals surface area (Å²) in [5, 5.41) is 4.68. The molecule has 0 spiro atoms. The maximum Gasteiger partial charge on any atom is 0.260 e. The highest BCUT2D eigenvalue weighted by Crippen LogP contribution is 2.52. The van der Waals surface area contributed by atoms with Crippen molar-refractivity contribution in [1.29, 1.82) is 0 Å². The second-order valence-electron chi connectivity index (χ2n) is 5.76. The molecule has 0 saturated heterocycles. The molecule has 1 amide bonds. The van der Waals surface area contributed by atoms with Gasteiger partial charge >= 0.3 is 0 Å². The number of nitrogen functional groups attached to an aromatic ring is 1. The molecule has 3 rings (SSSR count). The summed E-state index contributed by atoms with van der Waals surface area (Å²) in [5.74, 6) is 0.922. The molecule has 2 aliphatic rings. The molecule has 4 nitrogen and oxygen atoms in total. The first-order valence-corrected chi connectivity index (χ1v) is 7.92. The van der Waals surface area contributed by atoms with Gasteiger partial charge in [0.1, 0.15) is 4.88 Å². The summed E-state index contributed by atoms with van der Waals surface area (Å²) >= 11 is 1.44. The van der Waals surface area contributed by atoms with E-state index in [0.717, 1.165) is 16.5 Å². The summed E-state index contributed by atoms with van der Waals surface area (Å²) in [4.78, 5) is 11.9. The summed E-state index contributed by atoms with van der Waals surface area (Å²) in [6.07, 6.45) is 6.10. The fourth-order valence-electron chi connectivity index (χ4n) is 2.81. The van der Waals surface area contributed by atoms with E-state index in [9.17, 15) is 4.79 Å². The Morgan fingerprint density at radius 1 is 1.47 bits per heavy atom. The lowest BCUT2D eigenvalue weighted by Gasteiger charge is -2.06. The number of carbonyl (C=O) groups is 1. The van der Waals surface area contributed by atoms with Gasteiger partial charge in [0.05, 0.1) is 10.7 Å². The van der Waals surface area contributed by atoms with Crippen molar-refractivity contribution in [3.8, 4) is 0 Å². The van der Waals surface area contributed by atoms with Gasteiger partial charge in [0.2, 0.25) is 0 Å². The molecule has 1 aromatic heterocycles. The molecular formula is C14H21N3OS. The van der Waals surface area contributed by atoms with E-state index in [1.807, 2.05) is 0 Å². The molecule has 5 heteroatoms. The van der Waals surface area contributed by atoms with Gasteiger partial charge in [0, 0.05) is 11.6 Å². The molecule has 1 aromatic rings. The van der Waals surface area contributed by atoms with Crippen LogP contribution in [0, 0.1) is 5.92 Å². The lowest BCUT2D eigenvalue weighted by atomic mass is 10.1. The van der Waals surface area contributed by atoms with Crippen LogP contribution >= 0.6 is 11.3 Å². The van der Waals surface area contributed by atoms with E-state index in [0.29, 0.717) is 22.5 Å². The van der Waals surface area contributed by atoms with Gasteiger partial charge in [-0.2, -0.15) is 0 Å². The van der Waals surface area contributed by atoms with E-state index in [1.54, 1.807) is 0 Å². The maximum atomic E-state index is 11.4. The lowest BCUT2D eigenvalue weighted by molar-refractivity contribution is 0.100. The molecule has 0 aromatic carbocycles. The largest absolute Gasteiger partial charge is 0.397 e. The molecule has 19 heavy (non-hydrogen) atoms. The first-order valence-electron chi connectivity index (χ1n) is 7.10. The van der Waals surface area contributed by atoms with E-state index < -0.39 is 5.91 Å². The highest BCUT2D eigenvalue weighted by molar-refractivity contribution is 7.18. The summed E-state index contributed by atoms with van der Waals surface area (Å²) in [5.41, 5.74) is 13.3. The number of hydrogen-bond donors (Lipinski definition) is 3. The van der Waals surface area contributed by atoms with Gasteiger partial charge < -0.3 is 16.8 Å². The van der Waals surface area contributed by atoms with Crippen LogP contribution in [-0.4, -0.2) is 11.9 Å². The number of hydrogen-bond acceptors (Lipinski definition) is 4. The lowest BCUT2D eigenvalue weighted by Crippen LogP contribution is -2.11. The van der Waals surface area contributed by atoms with Crippen molar-refractivity contribution in [2.75, 3.05) is 11.1 Å². The zero-order valence-corrected chi connectivity index (χ0v) is 12.1. The molecule has 104 valence electrons. The Labute approximate surface area is 117 Å². The number of nitrogens with two attached hydrogens (primary N) is 2. The Hall–Kier alpha value is -1.23. The molecular weight excluding hydrogens is 258 g/mol. The third kappa shape index (κ3) is 2.43. The molecule has 0 aliphatic heterocycles. The van der Waals surface area contributed by atoms with Crippen LogP contribution in [0.3, 0.4) is 0 Å². The fraction of sp³-hybridized carbons (Fsp3) is 0.643. The average Bonchev–Trinajstić information content (AvgIpc) is 3.24. The van der Waals surface area contributed by atoms with Crippen LogP contribution in [-0.2, 0) is 0 Å². The van der Waals surface area contributed by atoms with E-state index in [-0.39, 0.29) is 0 Å². The Morgan fingerprint density at radius 3 is 2.79 bits per heavy atom. The van der Waals surface area contributed by atoms with Crippen LogP contribution < -0.4 is 16.8 Å². The molecule has 1 heterocycles. The molecule has 2 aliphatic carbocycles. The SMILES string of the molecule is CCCC1CC1Nc1sc(C(N)=O)c(N)c1C1CC1. The average molecular weight is 279 g/mol. The first-order chi connectivity index (χ1) is 9.11. The maximum absolute atomic E-state index is 11.4. The molecule has 2 saturated carbocycles. The Kier molecular flexibility index (Phi) is 3.17. The van der Waals surface area contributed by atoms with Crippen LogP contribution in [0.2, 0.25) is 0 Å². The summed E-state index contributed by atoms with van der Waals surface area (Å²) in [6.45, 7) is 2.22. The summed E-state index contributed by atoms with van der Waals surface area (Å²) < 4.78 is 0. The molecule has 2 unspecified atom stereocenters. The minimum Gasteiger partial charge on any atom is -0.397 e. The highest BCUT2D eigenvalue weighted by Gasteiger charge is 2.39. The van der Waals surface area contributed by atoms with Crippen molar-refractivity contribution in [2.45, 2.75) is 51.0 Å². The predicted molar refractivity (Wildman–Crippen MR) is 79.7 cm³/mol. The predicted octanol–water partition coefficient (Wildman–Crippen LogP) is 2.91. The second-order valence-corrected chi connectivity index (χ2v) is 6.78. The zero-order chi connectivity index (χ0) is 13.6. The minimum absolute atomic E-state index is 0.404. The van der Waals surface area contributed by atoms with Crippen LogP contribution in [0.15, 0.2) is 0 Å². The molecule has 2 fully saturated rings. The quantitative estimate of drug-likeness (QED) is 0.749. The topological polar surface area (TPSA) is 81.1 Å². The Morgan fingerprint density at radius 2 is 2.21 bits per heavy atom. The van der Waals surface area contributed by atoms with E-state index in [2.05, 4.69) is 12.2 Å². The van der Waals surface area contributed by atoms with Gasteiger partial charge in [0.25, 0.3) is 5.91 Å². The molecule has 0 radical (unpaired) electrons. The third-order valence-electron chi connectivity index (χ3n) is 4.09. The number of thiophene rings is 1. The Balaban J connectivity index is 1.80. The van der Waals surface area contributed by atoms with Gasteiger partial charge in [0.15, 0.2) is 0 Å².